The predicted octanol–water partition coefficient (Wildman–Crippen LogP) is 4.72. The van der Waals surface area contributed by atoms with Gasteiger partial charge in [0.2, 0.25) is 0 Å². The Kier molecular flexibility index (Phi) is 5.80. The third-order valence-electron chi connectivity index (χ3n) is 5.63. The number of hydrogen-bond donors (Lipinski definition) is 1. The summed E-state index contributed by atoms with van der Waals surface area (Å²) in [6.07, 6.45) is 4.99. The van der Waals surface area contributed by atoms with Gasteiger partial charge in [-0.1, -0.05) is 46.9 Å². The lowest BCUT2D eigenvalue weighted by atomic mass is 9.89. The topological polar surface area (TPSA) is 59.2 Å². The van der Waals surface area contributed by atoms with Crippen molar-refractivity contribution in [2.45, 2.75) is 23.2 Å². The summed E-state index contributed by atoms with van der Waals surface area (Å²) in [7, 11) is 0. The molecule has 0 aliphatic carbocycles. The van der Waals surface area contributed by atoms with Crippen molar-refractivity contribution >= 4 is 45.1 Å². The molecular formula is C23H24IN3O. The number of alkyl halides is 1. The number of pyridine rings is 1. The van der Waals surface area contributed by atoms with Gasteiger partial charge in [0.15, 0.2) is 0 Å². The van der Waals surface area contributed by atoms with Crippen LogP contribution in [0.5, 0.6) is 0 Å². The molecule has 28 heavy (non-hydrogen) atoms. The van der Waals surface area contributed by atoms with Crippen LogP contribution in [0.4, 0.5) is 5.69 Å². The van der Waals surface area contributed by atoms with Gasteiger partial charge in [0.25, 0.3) is 5.91 Å². The summed E-state index contributed by atoms with van der Waals surface area (Å²) < 4.78 is 0.541. The highest BCUT2D eigenvalue weighted by Gasteiger charge is 2.28. The first-order valence-corrected chi connectivity index (χ1v) is 11.0. The Morgan fingerprint density at radius 2 is 1.82 bits per heavy atom. The van der Waals surface area contributed by atoms with E-state index in [2.05, 4.69) is 51.8 Å². The summed E-state index contributed by atoms with van der Waals surface area (Å²) in [6, 6.07) is 17.8. The molecule has 5 heteroatoms. The molecular weight excluding hydrogens is 461 g/mol. The number of aromatic nitrogens is 1. The number of anilines is 1. The Labute approximate surface area is 179 Å². The Bertz CT molecular complexity index is 960. The summed E-state index contributed by atoms with van der Waals surface area (Å²) >= 11 is 2.59. The first kappa shape index (κ1) is 19.2. The number of nitrogens with two attached hydrogens (primary N) is 1. The number of para-hydroxylation sites is 1. The molecule has 4 rings (SSSR count). The number of benzene rings is 2. The van der Waals surface area contributed by atoms with Gasteiger partial charge in [0.05, 0.1) is 5.52 Å². The Balaban J connectivity index is 1.38. The zero-order valence-corrected chi connectivity index (χ0v) is 17.9. The number of fused-ring (bicyclic) bond motifs is 1. The molecule has 1 aliphatic heterocycles. The molecule has 2 heterocycles. The van der Waals surface area contributed by atoms with Crippen LogP contribution in [-0.2, 0) is 6.42 Å². The molecule has 1 unspecified atom stereocenters. The van der Waals surface area contributed by atoms with Gasteiger partial charge < -0.3 is 10.6 Å². The number of piperidine rings is 1. The van der Waals surface area contributed by atoms with Crippen LogP contribution < -0.4 is 5.73 Å². The van der Waals surface area contributed by atoms with Crippen molar-refractivity contribution in [1.29, 1.82) is 0 Å². The average Bonchev–Trinajstić information content (AvgIpc) is 2.74. The maximum absolute atomic E-state index is 12.7. The maximum atomic E-state index is 12.7. The Morgan fingerprint density at radius 3 is 2.57 bits per heavy atom. The van der Waals surface area contributed by atoms with Crippen LogP contribution in [0.15, 0.2) is 60.8 Å². The number of nitrogens with zero attached hydrogens (tertiary/aromatic N) is 2. The minimum Gasteiger partial charge on any atom is -0.399 e. The standard InChI is InChI=1S/C23H24IN3O/c24-21(15-19-4-1-3-17-5-2-12-26-22(17)19)16-10-13-27(14-11-16)23(28)18-6-8-20(25)9-7-18/h1-9,12,16,21H,10-11,13-15,25H2. The molecule has 0 radical (unpaired) electrons. The number of likely N-dealkylation sites (tertiary alicyclic amines) is 1. The molecule has 4 nitrogen and oxygen atoms in total. The lowest BCUT2D eigenvalue weighted by Gasteiger charge is -2.34. The van der Waals surface area contributed by atoms with E-state index >= 15 is 0 Å². The van der Waals surface area contributed by atoms with Gasteiger partial charge >= 0.3 is 0 Å². The quantitative estimate of drug-likeness (QED) is 0.331. The summed E-state index contributed by atoms with van der Waals surface area (Å²) in [5, 5.41) is 1.20. The van der Waals surface area contributed by atoms with Crippen molar-refractivity contribution in [3.8, 4) is 0 Å². The molecule has 1 fully saturated rings. The molecule has 144 valence electrons. The molecule has 1 aliphatic rings. The number of rotatable bonds is 4. The van der Waals surface area contributed by atoms with Crippen LogP contribution in [0.25, 0.3) is 10.9 Å². The van der Waals surface area contributed by atoms with E-state index in [1.807, 2.05) is 29.3 Å². The van der Waals surface area contributed by atoms with Crippen molar-refractivity contribution in [3.63, 3.8) is 0 Å². The number of nitrogen functional groups attached to an aromatic ring is 1. The van der Waals surface area contributed by atoms with Crippen molar-refractivity contribution in [1.82, 2.24) is 9.88 Å². The van der Waals surface area contributed by atoms with Crippen LogP contribution in [0, 0.1) is 5.92 Å². The third kappa shape index (κ3) is 4.14. The first-order chi connectivity index (χ1) is 13.6. The summed E-state index contributed by atoms with van der Waals surface area (Å²) in [4.78, 5) is 19.3. The van der Waals surface area contributed by atoms with E-state index in [1.54, 1.807) is 12.1 Å². The van der Waals surface area contributed by atoms with Crippen molar-refractivity contribution < 1.29 is 4.79 Å². The molecule has 3 aromatic rings. The van der Waals surface area contributed by atoms with Gasteiger partial charge in [-0.05, 0) is 61.1 Å². The number of hydrogen-bond acceptors (Lipinski definition) is 3. The van der Waals surface area contributed by atoms with Crippen LogP contribution in [0.2, 0.25) is 0 Å². The lowest BCUT2D eigenvalue weighted by molar-refractivity contribution is 0.0691. The normalized spacial score (nSPS) is 16.2. The Hall–Kier alpha value is -2.15. The van der Waals surface area contributed by atoms with E-state index in [-0.39, 0.29) is 5.91 Å². The van der Waals surface area contributed by atoms with Crippen molar-refractivity contribution in [2.24, 2.45) is 5.92 Å². The molecule has 1 saturated heterocycles. The molecule has 0 saturated carbocycles. The average molecular weight is 485 g/mol. The van der Waals surface area contributed by atoms with Crippen LogP contribution in [0.1, 0.15) is 28.8 Å². The number of carbonyl (C=O) groups excluding carboxylic acids is 1. The van der Waals surface area contributed by atoms with Crippen LogP contribution >= 0.6 is 22.6 Å². The van der Waals surface area contributed by atoms with Crippen LogP contribution in [-0.4, -0.2) is 32.8 Å². The zero-order chi connectivity index (χ0) is 19.5. The van der Waals surface area contributed by atoms with Gasteiger partial charge in [0.1, 0.15) is 0 Å². The highest BCUT2D eigenvalue weighted by atomic mass is 127. The second kappa shape index (κ2) is 8.47. The lowest BCUT2D eigenvalue weighted by Crippen LogP contribution is -2.40. The van der Waals surface area contributed by atoms with E-state index in [9.17, 15) is 4.79 Å². The summed E-state index contributed by atoms with van der Waals surface area (Å²) in [6.45, 7) is 1.64. The zero-order valence-electron chi connectivity index (χ0n) is 15.7. The largest absolute Gasteiger partial charge is 0.399 e. The number of amides is 1. The second-order valence-corrected chi connectivity index (χ2v) is 9.06. The molecule has 0 bridgehead atoms. The monoisotopic (exact) mass is 485 g/mol. The fraction of sp³-hybridized carbons (Fsp3) is 0.304. The van der Waals surface area contributed by atoms with Gasteiger partial charge in [-0.25, -0.2) is 0 Å². The van der Waals surface area contributed by atoms with E-state index < -0.39 is 0 Å². The Morgan fingerprint density at radius 1 is 1.11 bits per heavy atom. The highest BCUT2D eigenvalue weighted by molar-refractivity contribution is 14.1. The SMILES string of the molecule is Nc1ccc(C(=O)N2CCC(C(I)Cc3cccc4cccnc34)CC2)cc1. The molecule has 1 amide bonds. The van der Waals surface area contributed by atoms with Crippen LogP contribution in [0.3, 0.4) is 0 Å². The van der Waals surface area contributed by atoms with Gasteiger partial charge in [-0.3, -0.25) is 9.78 Å². The van der Waals surface area contributed by atoms with Gasteiger partial charge in [-0.2, -0.15) is 0 Å². The molecule has 2 N–H and O–H groups in total. The van der Waals surface area contributed by atoms with E-state index in [4.69, 9.17) is 5.73 Å². The van der Waals surface area contributed by atoms with Crippen molar-refractivity contribution in [2.75, 3.05) is 18.8 Å². The summed E-state index contributed by atoms with van der Waals surface area (Å²) in [5.41, 5.74) is 9.56. The fourth-order valence-electron chi connectivity index (χ4n) is 3.98. The summed E-state index contributed by atoms with van der Waals surface area (Å²) in [5.74, 6) is 0.733. The van der Waals surface area contributed by atoms with E-state index in [0.29, 0.717) is 15.5 Å². The maximum Gasteiger partial charge on any atom is 0.253 e. The van der Waals surface area contributed by atoms with Gasteiger partial charge in [-0.15, -0.1) is 0 Å². The van der Waals surface area contributed by atoms with E-state index in [0.717, 1.165) is 43.4 Å². The smallest absolute Gasteiger partial charge is 0.253 e. The predicted molar refractivity (Wildman–Crippen MR) is 123 cm³/mol. The highest BCUT2D eigenvalue weighted by Crippen LogP contribution is 2.30. The van der Waals surface area contributed by atoms with Crippen molar-refractivity contribution in [3.05, 3.63) is 71.9 Å². The van der Waals surface area contributed by atoms with Gasteiger partial charge in [0, 0.05) is 39.8 Å². The number of halogens is 1. The second-order valence-electron chi connectivity index (χ2n) is 7.46. The molecule has 2 aromatic carbocycles. The van der Waals surface area contributed by atoms with E-state index in [1.165, 1.54) is 10.9 Å². The third-order valence-corrected chi connectivity index (χ3v) is 7.08. The minimum absolute atomic E-state index is 0.113. The minimum atomic E-state index is 0.113. The molecule has 1 aromatic heterocycles. The molecule has 0 spiro atoms. The first-order valence-electron chi connectivity index (χ1n) is 9.73. The number of carbonyl (C=O) groups is 1. The molecule has 1 atom stereocenters. The fourth-order valence-corrected chi connectivity index (χ4v) is 5.18.